The number of amides is 4. The average molecular weight is 649 g/mol. The first kappa shape index (κ1) is 32.3. The van der Waals surface area contributed by atoms with Gasteiger partial charge in [0.15, 0.2) is 17.3 Å². The third-order valence-corrected chi connectivity index (χ3v) is 8.88. The normalized spacial score (nSPS) is 22.4. The van der Waals surface area contributed by atoms with Crippen molar-refractivity contribution in [2.45, 2.75) is 69.5 Å². The van der Waals surface area contributed by atoms with Gasteiger partial charge >= 0.3 is 11.8 Å². The van der Waals surface area contributed by atoms with E-state index in [1.165, 1.54) is 12.1 Å². The Labute approximate surface area is 261 Å². The molecule has 1 saturated carbocycles. The molecule has 1 saturated heterocycles. The number of ketones is 1. The van der Waals surface area contributed by atoms with Crippen LogP contribution in [0.25, 0.3) is 0 Å². The van der Waals surface area contributed by atoms with Gasteiger partial charge in [0.05, 0.1) is 28.4 Å². The van der Waals surface area contributed by atoms with Gasteiger partial charge in [0.25, 0.3) is 0 Å². The number of ether oxygens (including phenoxy) is 1. The number of nitrogens with one attached hydrogen (secondary N) is 4. The molecule has 4 atom stereocenters. The largest absolute Gasteiger partial charge is 0.482 e. The molecule has 1 unspecified atom stereocenters. The van der Waals surface area contributed by atoms with Gasteiger partial charge in [-0.15, -0.1) is 0 Å². The Balaban J connectivity index is 1.35. The highest BCUT2D eigenvalue weighted by atomic mass is 35.5. The minimum absolute atomic E-state index is 0.0650. The first-order valence-electron chi connectivity index (χ1n) is 14.8. The summed E-state index contributed by atoms with van der Waals surface area (Å²) in [5, 5.41) is 10.2. The Kier molecular flexibility index (Phi) is 9.96. The van der Waals surface area contributed by atoms with Crippen molar-refractivity contribution < 1.29 is 41.9 Å². The molecule has 3 aliphatic rings. The molecule has 4 N–H and O–H groups in total. The molecule has 2 aliphatic heterocycles. The molecular weight excluding hydrogens is 617 g/mol. The topological polar surface area (TPSA) is 143 Å². The Morgan fingerprint density at radius 2 is 1.73 bits per heavy atom. The van der Waals surface area contributed by atoms with Crippen LogP contribution in [0.15, 0.2) is 30.3 Å². The number of carbonyl (C=O) groups is 5. The molecule has 45 heavy (non-hydrogen) atoms. The molecule has 0 radical (unpaired) electrons. The lowest BCUT2D eigenvalue weighted by Gasteiger charge is -2.28. The summed E-state index contributed by atoms with van der Waals surface area (Å²) < 4.78 is 48.7. The van der Waals surface area contributed by atoms with Crippen LogP contribution >= 0.6 is 11.6 Å². The molecule has 2 fully saturated rings. The molecule has 0 aromatic heterocycles. The molecule has 1 aliphatic carbocycles. The highest BCUT2D eigenvalue weighted by molar-refractivity contribution is 6.41. The Bertz CT molecular complexity index is 1520. The minimum atomic E-state index is -1.53. The van der Waals surface area contributed by atoms with Gasteiger partial charge in [-0.1, -0.05) is 55.8 Å². The van der Waals surface area contributed by atoms with Gasteiger partial charge in [-0.2, -0.15) is 4.39 Å². The fourth-order valence-electron chi connectivity index (χ4n) is 6.21. The number of rotatable bonds is 6. The van der Waals surface area contributed by atoms with Crippen molar-refractivity contribution in [3.8, 4) is 5.75 Å². The zero-order valence-electron chi connectivity index (χ0n) is 24.1. The van der Waals surface area contributed by atoms with Crippen molar-refractivity contribution in [3.63, 3.8) is 0 Å². The number of benzene rings is 2. The van der Waals surface area contributed by atoms with Crippen LogP contribution in [0.4, 0.5) is 18.9 Å². The van der Waals surface area contributed by atoms with E-state index in [1.54, 1.807) is 12.1 Å². The highest BCUT2D eigenvalue weighted by Gasteiger charge is 2.42. The number of halogens is 4. The zero-order valence-corrected chi connectivity index (χ0v) is 24.9. The van der Waals surface area contributed by atoms with E-state index in [2.05, 4.69) is 21.3 Å². The summed E-state index contributed by atoms with van der Waals surface area (Å²) in [5.74, 6) is -10.1. The summed E-state index contributed by atoms with van der Waals surface area (Å²) >= 11 is 6.08. The molecular formula is C31H32ClF3N4O6. The van der Waals surface area contributed by atoms with Gasteiger partial charge in [0.2, 0.25) is 17.6 Å². The van der Waals surface area contributed by atoms with E-state index in [4.69, 9.17) is 16.3 Å². The predicted octanol–water partition coefficient (Wildman–Crippen LogP) is 3.86. The zero-order chi connectivity index (χ0) is 32.2. The summed E-state index contributed by atoms with van der Waals surface area (Å²) in [6.45, 7) is -0.856. The maximum absolute atomic E-state index is 14.7. The maximum Gasteiger partial charge on any atom is 0.313 e. The Hall–Kier alpha value is -4.13. The van der Waals surface area contributed by atoms with E-state index in [0.29, 0.717) is 6.07 Å². The molecule has 2 heterocycles. The van der Waals surface area contributed by atoms with E-state index in [0.717, 1.165) is 32.1 Å². The number of fused-ring (bicyclic) bond motifs is 4. The van der Waals surface area contributed by atoms with Crippen molar-refractivity contribution in [3.05, 3.63) is 58.4 Å². The van der Waals surface area contributed by atoms with Crippen molar-refractivity contribution in [1.29, 1.82) is 0 Å². The lowest BCUT2D eigenvalue weighted by Crippen LogP contribution is -2.55. The van der Waals surface area contributed by atoms with E-state index in [1.807, 2.05) is 0 Å². The third-order valence-electron chi connectivity index (χ3n) is 8.55. The smallest absolute Gasteiger partial charge is 0.313 e. The Morgan fingerprint density at radius 1 is 1.00 bits per heavy atom. The van der Waals surface area contributed by atoms with Crippen LogP contribution < -0.4 is 26.0 Å². The summed E-state index contributed by atoms with van der Waals surface area (Å²) in [7, 11) is 0. The summed E-state index contributed by atoms with van der Waals surface area (Å²) in [6, 6.07) is 3.06. The van der Waals surface area contributed by atoms with Crippen LogP contribution in [-0.4, -0.2) is 48.1 Å². The lowest BCUT2D eigenvalue weighted by atomic mass is 9.84. The molecule has 0 spiro atoms. The van der Waals surface area contributed by atoms with Crippen LogP contribution in [0.2, 0.25) is 5.02 Å². The number of carbonyl (C=O) groups excluding carboxylic acids is 5. The van der Waals surface area contributed by atoms with E-state index in [9.17, 15) is 37.1 Å². The standard InChI is InChI=1S/C31H32ClF3N4O6/c32-17-8-4-5-9-20(17)36-30(43)31(44)39-23(10-15-6-2-1-3-7-15)29(42)37-21-11-16-12-22(38-28(16)41)25-18(33)13-19(34)26(35)27(25)45-14-24(21)40/h4-5,8-9,13,15-16,21-23H,1-3,6-7,10-12,14H2,(H,36,43)(H,37,42)(H,38,41)(H,39,44)/t16-,21+,22?,23+/m1/s1. The van der Waals surface area contributed by atoms with E-state index >= 15 is 0 Å². The molecule has 4 amide bonds. The fraction of sp³-hybridized carbons (Fsp3) is 0.452. The summed E-state index contributed by atoms with van der Waals surface area (Å²) in [5.41, 5.74) is -0.198. The van der Waals surface area contributed by atoms with Crippen molar-refractivity contribution >= 4 is 46.7 Å². The van der Waals surface area contributed by atoms with Crippen LogP contribution in [0.1, 0.15) is 63.0 Å². The first-order valence-corrected chi connectivity index (χ1v) is 15.2. The Morgan fingerprint density at radius 3 is 2.47 bits per heavy atom. The van der Waals surface area contributed by atoms with E-state index in [-0.39, 0.29) is 35.9 Å². The lowest BCUT2D eigenvalue weighted by molar-refractivity contribution is -0.138. The van der Waals surface area contributed by atoms with Gasteiger partial charge in [-0.05, 0) is 37.3 Å². The molecule has 2 aromatic carbocycles. The molecule has 5 rings (SSSR count). The quantitative estimate of drug-likeness (QED) is 0.277. The SMILES string of the molecule is O=C(Nc1ccccc1Cl)C(=O)N[C@@H](CC1CCCCC1)C(=O)N[C@H]1C[C@@H]2CC(NC2=O)c2c(F)cc(F)c(F)c2OCC1=O. The van der Waals surface area contributed by atoms with Crippen LogP contribution in [-0.2, 0) is 24.0 Å². The van der Waals surface area contributed by atoms with Gasteiger partial charge in [0, 0.05) is 12.0 Å². The summed E-state index contributed by atoms with van der Waals surface area (Å²) in [4.78, 5) is 65.4. The van der Waals surface area contributed by atoms with Gasteiger partial charge in [-0.3, -0.25) is 24.0 Å². The molecule has 240 valence electrons. The average Bonchev–Trinajstić information content (AvgIpc) is 3.36. The first-order chi connectivity index (χ1) is 21.5. The maximum atomic E-state index is 14.7. The van der Waals surface area contributed by atoms with Crippen LogP contribution in [0, 0.1) is 29.3 Å². The molecule has 10 nitrogen and oxygen atoms in total. The second-order valence-electron chi connectivity index (χ2n) is 11.6. The van der Waals surface area contributed by atoms with Crippen molar-refractivity contribution in [1.82, 2.24) is 16.0 Å². The molecule has 2 aromatic rings. The number of para-hydroxylation sites is 1. The molecule has 14 heteroatoms. The second kappa shape index (κ2) is 13.9. The van der Waals surface area contributed by atoms with Crippen molar-refractivity contribution in [2.75, 3.05) is 11.9 Å². The second-order valence-corrected chi connectivity index (χ2v) is 12.0. The minimum Gasteiger partial charge on any atom is -0.482 e. The van der Waals surface area contributed by atoms with Gasteiger partial charge in [-0.25, -0.2) is 8.78 Å². The van der Waals surface area contributed by atoms with Crippen LogP contribution in [0.3, 0.4) is 0 Å². The van der Waals surface area contributed by atoms with E-state index < -0.39 is 88.8 Å². The number of Topliss-reactive ketones (excluding diaryl/α,β-unsaturated/α-hetero) is 1. The fourth-order valence-corrected chi connectivity index (χ4v) is 6.39. The summed E-state index contributed by atoms with van der Waals surface area (Å²) in [6.07, 6.45) is 4.48. The third kappa shape index (κ3) is 7.41. The van der Waals surface area contributed by atoms with Gasteiger partial charge in [0.1, 0.15) is 18.5 Å². The number of anilines is 1. The van der Waals surface area contributed by atoms with Crippen molar-refractivity contribution in [2.24, 2.45) is 11.8 Å². The number of hydrogen-bond donors (Lipinski definition) is 4. The number of hydrogen-bond acceptors (Lipinski definition) is 6. The highest BCUT2D eigenvalue weighted by Crippen LogP contribution is 2.40. The van der Waals surface area contributed by atoms with Crippen LogP contribution in [0.5, 0.6) is 5.75 Å². The van der Waals surface area contributed by atoms with Gasteiger partial charge < -0.3 is 26.0 Å². The monoisotopic (exact) mass is 648 g/mol. The molecule has 2 bridgehead atoms. The predicted molar refractivity (Wildman–Crippen MR) is 156 cm³/mol.